The van der Waals surface area contributed by atoms with Gasteiger partial charge in [-0.2, -0.15) is 0 Å². The van der Waals surface area contributed by atoms with Crippen LogP contribution in [0.2, 0.25) is 0 Å². The molecule has 0 bridgehead atoms. The average molecular weight is 417 g/mol. The first kappa shape index (κ1) is 24.0. The van der Waals surface area contributed by atoms with Crippen LogP contribution in [0.15, 0.2) is 11.6 Å². The van der Waals surface area contributed by atoms with E-state index in [0.717, 1.165) is 25.7 Å². The molecule has 6 heteroatoms. The number of hydrogen-bond acceptors (Lipinski definition) is 5. The van der Waals surface area contributed by atoms with E-state index in [0.29, 0.717) is 12.3 Å². The molecular weight excluding hydrogens is 384 g/mol. The van der Waals surface area contributed by atoms with Crippen LogP contribution in [-0.2, 0) is 19.1 Å². The second kappa shape index (κ2) is 11.8. The fourth-order valence-corrected chi connectivity index (χ4v) is 4.26. The summed E-state index contributed by atoms with van der Waals surface area (Å²) in [5.41, 5.74) is 1.23. The van der Waals surface area contributed by atoms with Gasteiger partial charge in [0.25, 0.3) is 0 Å². The molecule has 2 fully saturated rings. The molecule has 2 saturated carbocycles. The zero-order valence-electron chi connectivity index (χ0n) is 18.0. The van der Waals surface area contributed by atoms with Crippen LogP contribution in [-0.4, -0.2) is 47.6 Å². The standard InChI is InChI=1S/C24H32O6/c1-4-5-6-7-16(2)22(26)9-8-20-21-13-18(10-11-29-15-24(27)28)12-19(21)14-23(20)30-17(3)25/h10,16,19-23,26H,4,7,11-15H2,1-3H3,(H,27,28)/b18-10+/t16-,19-,20+,21-,22+,23+/m0/s1. The Balaban J connectivity index is 2.04. The first-order chi connectivity index (χ1) is 14.3. The molecule has 0 amide bonds. The SMILES string of the molecule is CCC#CC[C@H](C)[C@H](O)C#C[C@@H]1[C@H]2C/C(=C/COCC(=O)O)C[C@H]2C[C@H]1OC(C)=O. The van der Waals surface area contributed by atoms with E-state index in [-0.39, 0.29) is 43.0 Å². The van der Waals surface area contributed by atoms with Gasteiger partial charge in [0.05, 0.1) is 12.5 Å². The maximum atomic E-state index is 11.5. The van der Waals surface area contributed by atoms with E-state index in [1.807, 2.05) is 19.9 Å². The van der Waals surface area contributed by atoms with Crippen molar-refractivity contribution in [3.8, 4) is 23.7 Å². The summed E-state index contributed by atoms with van der Waals surface area (Å²) in [5, 5.41) is 19.0. The second-order valence-corrected chi connectivity index (χ2v) is 8.13. The fraction of sp³-hybridized carbons (Fsp3) is 0.667. The van der Waals surface area contributed by atoms with Gasteiger partial charge in [0.2, 0.25) is 0 Å². The number of fused-ring (bicyclic) bond motifs is 1. The van der Waals surface area contributed by atoms with Crippen molar-refractivity contribution in [2.75, 3.05) is 13.2 Å². The fourth-order valence-electron chi connectivity index (χ4n) is 4.26. The Bertz CT molecular complexity index is 762. The molecule has 0 aromatic carbocycles. The molecule has 0 radical (unpaired) electrons. The van der Waals surface area contributed by atoms with Crippen LogP contribution in [0.3, 0.4) is 0 Å². The molecule has 2 aliphatic carbocycles. The molecule has 0 aromatic heterocycles. The first-order valence-corrected chi connectivity index (χ1v) is 10.6. The number of carbonyl (C=O) groups is 2. The van der Waals surface area contributed by atoms with Crippen LogP contribution in [0.5, 0.6) is 0 Å². The van der Waals surface area contributed by atoms with Crippen molar-refractivity contribution in [2.45, 2.75) is 65.1 Å². The number of aliphatic carboxylic acids is 1. The van der Waals surface area contributed by atoms with Crippen LogP contribution in [0, 0.1) is 47.4 Å². The van der Waals surface area contributed by atoms with E-state index >= 15 is 0 Å². The quantitative estimate of drug-likeness (QED) is 0.287. The van der Waals surface area contributed by atoms with Crippen LogP contribution in [0.1, 0.15) is 52.9 Å². The lowest BCUT2D eigenvalue weighted by atomic mass is 9.90. The summed E-state index contributed by atoms with van der Waals surface area (Å²) in [6.07, 6.45) is 4.78. The largest absolute Gasteiger partial charge is 0.480 e. The highest BCUT2D eigenvalue weighted by Crippen LogP contribution is 2.50. The second-order valence-electron chi connectivity index (χ2n) is 8.13. The van der Waals surface area contributed by atoms with Gasteiger partial charge in [-0.15, -0.1) is 11.8 Å². The number of aliphatic hydroxyl groups excluding tert-OH is 1. The van der Waals surface area contributed by atoms with E-state index in [4.69, 9.17) is 14.6 Å². The third kappa shape index (κ3) is 7.20. The minimum absolute atomic E-state index is 0.0497. The summed E-state index contributed by atoms with van der Waals surface area (Å²) in [6.45, 7) is 5.30. The molecule has 0 aliphatic heterocycles. The lowest BCUT2D eigenvalue weighted by Crippen LogP contribution is -2.24. The molecule has 0 unspecified atom stereocenters. The number of carbonyl (C=O) groups excluding carboxylic acids is 1. The average Bonchev–Trinajstić information content (AvgIpc) is 3.20. The predicted octanol–water partition coefficient (Wildman–Crippen LogP) is 2.80. The minimum atomic E-state index is -0.982. The first-order valence-electron chi connectivity index (χ1n) is 10.6. The van der Waals surface area contributed by atoms with Crippen molar-refractivity contribution in [1.29, 1.82) is 0 Å². The number of carboxylic acids is 1. The third-order valence-electron chi connectivity index (χ3n) is 5.72. The molecule has 2 aliphatic rings. The van der Waals surface area contributed by atoms with Crippen molar-refractivity contribution in [1.82, 2.24) is 0 Å². The number of allylic oxidation sites excluding steroid dienone is 1. The van der Waals surface area contributed by atoms with E-state index in [2.05, 4.69) is 23.7 Å². The number of hydrogen-bond donors (Lipinski definition) is 2. The molecule has 30 heavy (non-hydrogen) atoms. The molecule has 0 heterocycles. The number of esters is 1. The summed E-state index contributed by atoms with van der Waals surface area (Å²) in [4.78, 5) is 22.1. The lowest BCUT2D eigenvalue weighted by molar-refractivity contribution is -0.147. The van der Waals surface area contributed by atoms with Crippen LogP contribution in [0.25, 0.3) is 0 Å². The molecule has 6 nitrogen and oxygen atoms in total. The highest BCUT2D eigenvalue weighted by Gasteiger charge is 2.47. The van der Waals surface area contributed by atoms with Gasteiger partial charge in [-0.05, 0) is 31.1 Å². The maximum absolute atomic E-state index is 11.5. The van der Waals surface area contributed by atoms with Crippen molar-refractivity contribution in [3.63, 3.8) is 0 Å². The lowest BCUT2D eigenvalue weighted by Gasteiger charge is -2.19. The van der Waals surface area contributed by atoms with Crippen LogP contribution in [0.4, 0.5) is 0 Å². The summed E-state index contributed by atoms with van der Waals surface area (Å²) < 4.78 is 10.6. The topological polar surface area (TPSA) is 93.1 Å². The normalized spacial score (nSPS) is 27.9. The molecule has 0 saturated heterocycles. The zero-order valence-corrected chi connectivity index (χ0v) is 18.0. The number of rotatable bonds is 7. The van der Waals surface area contributed by atoms with E-state index in [1.165, 1.54) is 12.5 Å². The van der Waals surface area contributed by atoms with Crippen molar-refractivity contribution < 1.29 is 29.3 Å². The number of aliphatic hydroxyl groups is 1. The summed E-state index contributed by atoms with van der Waals surface area (Å²) in [7, 11) is 0. The smallest absolute Gasteiger partial charge is 0.329 e. The minimum Gasteiger partial charge on any atom is -0.480 e. The molecule has 164 valence electrons. The number of carboxylic acid groups (broad SMARTS) is 1. The molecule has 2 rings (SSSR count). The van der Waals surface area contributed by atoms with E-state index in [1.54, 1.807) is 0 Å². The highest BCUT2D eigenvalue weighted by atomic mass is 16.5. The van der Waals surface area contributed by atoms with Gasteiger partial charge >= 0.3 is 11.9 Å². The van der Waals surface area contributed by atoms with Gasteiger partial charge in [-0.1, -0.05) is 37.3 Å². The van der Waals surface area contributed by atoms with Crippen LogP contribution >= 0.6 is 0 Å². The Labute approximate surface area is 179 Å². The molecular formula is C24H32O6. The van der Waals surface area contributed by atoms with Crippen molar-refractivity contribution in [2.24, 2.45) is 23.7 Å². The van der Waals surface area contributed by atoms with Gasteiger partial charge < -0.3 is 19.7 Å². The summed E-state index contributed by atoms with van der Waals surface area (Å²) in [5.74, 6) is 11.4. The van der Waals surface area contributed by atoms with Crippen molar-refractivity contribution in [3.05, 3.63) is 11.6 Å². The van der Waals surface area contributed by atoms with Gasteiger partial charge in [-0.3, -0.25) is 4.79 Å². The van der Waals surface area contributed by atoms with Gasteiger partial charge in [0.15, 0.2) is 0 Å². The Hall–Kier alpha value is -2.28. The zero-order chi connectivity index (χ0) is 22.1. The van der Waals surface area contributed by atoms with E-state index < -0.39 is 12.1 Å². The van der Waals surface area contributed by atoms with Crippen LogP contribution < -0.4 is 0 Å². The maximum Gasteiger partial charge on any atom is 0.329 e. The Kier molecular flexibility index (Phi) is 9.43. The predicted molar refractivity (Wildman–Crippen MR) is 112 cm³/mol. The van der Waals surface area contributed by atoms with Gasteiger partial charge in [0, 0.05) is 25.7 Å². The Morgan fingerprint density at radius 1 is 1.30 bits per heavy atom. The van der Waals surface area contributed by atoms with E-state index in [9.17, 15) is 14.7 Å². The summed E-state index contributed by atoms with van der Waals surface area (Å²) >= 11 is 0. The third-order valence-corrected chi connectivity index (χ3v) is 5.72. The Morgan fingerprint density at radius 3 is 2.73 bits per heavy atom. The number of ether oxygens (including phenoxy) is 2. The molecule has 0 spiro atoms. The summed E-state index contributed by atoms with van der Waals surface area (Å²) in [6, 6.07) is 0. The van der Waals surface area contributed by atoms with Gasteiger partial charge in [-0.25, -0.2) is 4.79 Å². The van der Waals surface area contributed by atoms with Gasteiger partial charge in [0.1, 0.15) is 18.8 Å². The Morgan fingerprint density at radius 2 is 2.07 bits per heavy atom. The molecule has 0 aromatic rings. The van der Waals surface area contributed by atoms with Crippen molar-refractivity contribution >= 4 is 11.9 Å². The molecule has 6 atom stereocenters. The highest BCUT2D eigenvalue weighted by molar-refractivity contribution is 5.68. The monoisotopic (exact) mass is 416 g/mol. The molecule has 2 N–H and O–H groups in total.